The summed E-state index contributed by atoms with van der Waals surface area (Å²) < 4.78 is 5.20. The van der Waals surface area contributed by atoms with Crippen molar-refractivity contribution in [2.45, 2.75) is 0 Å². The molecule has 0 aliphatic heterocycles. The molecule has 4 aromatic rings. The average Bonchev–Trinajstić information content (AvgIpc) is 2.82. The third kappa shape index (κ3) is 3.84. The van der Waals surface area contributed by atoms with E-state index >= 15 is 0 Å². The number of hydrazine groups is 1. The summed E-state index contributed by atoms with van der Waals surface area (Å²) in [5.74, 6) is -0.485. The van der Waals surface area contributed by atoms with Crippen LogP contribution in [-0.2, 0) is 0 Å². The van der Waals surface area contributed by atoms with Crippen molar-refractivity contribution in [1.82, 2.24) is 15.8 Å². The van der Waals surface area contributed by atoms with Crippen LogP contribution in [0.15, 0.2) is 84.9 Å². The highest BCUT2D eigenvalue weighted by molar-refractivity contribution is 6.08. The summed E-state index contributed by atoms with van der Waals surface area (Å²) in [5, 5.41) is 0.696. The lowest BCUT2D eigenvalue weighted by Crippen LogP contribution is -2.41. The smallest absolute Gasteiger partial charge is 0.273 e. The SMILES string of the molecule is COc1ccccc1C(=O)NNC(=O)c1cc(-c2ccccc2)nc2ccccc12. The number of nitrogens with one attached hydrogen (secondary N) is 2. The first-order valence-corrected chi connectivity index (χ1v) is 9.36. The molecule has 2 N–H and O–H groups in total. The van der Waals surface area contributed by atoms with Gasteiger partial charge in [0.15, 0.2) is 0 Å². The van der Waals surface area contributed by atoms with Gasteiger partial charge in [-0.2, -0.15) is 0 Å². The number of carbonyl (C=O) groups is 2. The average molecular weight is 397 g/mol. The third-order valence-electron chi connectivity index (χ3n) is 4.67. The van der Waals surface area contributed by atoms with Crippen molar-refractivity contribution in [2.75, 3.05) is 7.11 Å². The number of para-hydroxylation sites is 2. The lowest BCUT2D eigenvalue weighted by molar-refractivity contribution is 0.0846. The van der Waals surface area contributed by atoms with Crippen LogP contribution in [0.25, 0.3) is 22.2 Å². The highest BCUT2D eigenvalue weighted by atomic mass is 16.5. The molecule has 6 nitrogen and oxygen atoms in total. The van der Waals surface area contributed by atoms with Gasteiger partial charge in [0, 0.05) is 10.9 Å². The second-order valence-electron chi connectivity index (χ2n) is 6.55. The molecule has 0 aliphatic rings. The summed E-state index contributed by atoms with van der Waals surface area (Å²) in [4.78, 5) is 30.1. The minimum Gasteiger partial charge on any atom is -0.496 e. The van der Waals surface area contributed by atoms with Crippen molar-refractivity contribution in [3.05, 3.63) is 96.1 Å². The Labute approximate surface area is 173 Å². The molecular formula is C24H19N3O3. The van der Waals surface area contributed by atoms with E-state index in [4.69, 9.17) is 4.74 Å². The van der Waals surface area contributed by atoms with Crippen molar-refractivity contribution in [1.29, 1.82) is 0 Å². The molecule has 1 heterocycles. The van der Waals surface area contributed by atoms with Gasteiger partial charge in [0.2, 0.25) is 0 Å². The summed E-state index contributed by atoms with van der Waals surface area (Å²) >= 11 is 0. The molecule has 0 fully saturated rings. The molecule has 2 amide bonds. The first-order valence-electron chi connectivity index (χ1n) is 9.36. The first-order chi connectivity index (χ1) is 14.7. The number of nitrogens with zero attached hydrogens (tertiary/aromatic N) is 1. The fourth-order valence-electron chi connectivity index (χ4n) is 3.20. The van der Waals surface area contributed by atoms with Crippen LogP contribution < -0.4 is 15.6 Å². The molecule has 0 spiro atoms. The zero-order chi connectivity index (χ0) is 20.9. The fraction of sp³-hybridized carbons (Fsp3) is 0.0417. The number of methoxy groups -OCH3 is 1. The number of ether oxygens (including phenoxy) is 1. The van der Waals surface area contributed by atoms with E-state index < -0.39 is 11.8 Å². The van der Waals surface area contributed by atoms with Gasteiger partial charge in [0.25, 0.3) is 11.8 Å². The number of benzene rings is 3. The number of hydrogen-bond acceptors (Lipinski definition) is 4. The standard InChI is InChI=1S/C24H19N3O3/c1-30-22-14-8-6-12-18(22)23(28)26-27-24(29)19-15-21(16-9-3-2-4-10-16)25-20-13-7-5-11-17(19)20/h2-15H,1H3,(H,26,28)(H,27,29). The molecule has 148 valence electrons. The van der Waals surface area contributed by atoms with E-state index in [0.717, 1.165) is 5.56 Å². The van der Waals surface area contributed by atoms with Gasteiger partial charge in [-0.1, -0.05) is 60.7 Å². The summed E-state index contributed by atoms with van der Waals surface area (Å²) in [6.07, 6.45) is 0. The Kier molecular flexibility index (Phi) is 5.39. The summed E-state index contributed by atoms with van der Waals surface area (Å²) in [6.45, 7) is 0. The van der Waals surface area contributed by atoms with Crippen molar-refractivity contribution in [2.24, 2.45) is 0 Å². The molecule has 1 aromatic heterocycles. The van der Waals surface area contributed by atoms with Gasteiger partial charge < -0.3 is 4.74 Å². The van der Waals surface area contributed by atoms with E-state index in [-0.39, 0.29) is 0 Å². The van der Waals surface area contributed by atoms with Crippen LogP contribution in [-0.4, -0.2) is 23.9 Å². The monoisotopic (exact) mass is 397 g/mol. The molecule has 0 radical (unpaired) electrons. The number of hydrogen-bond donors (Lipinski definition) is 2. The molecular weight excluding hydrogens is 378 g/mol. The van der Waals surface area contributed by atoms with Crippen LogP contribution in [0.5, 0.6) is 5.75 Å². The predicted molar refractivity (Wildman–Crippen MR) is 115 cm³/mol. The van der Waals surface area contributed by atoms with Crippen LogP contribution in [0.4, 0.5) is 0 Å². The van der Waals surface area contributed by atoms with E-state index in [1.54, 1.807) is 30.3 Å². The number of rotatable bonds is 4. The molecule has 4 rings (SSSR count). The zero-order valence-electron chi connectivity index (χ0n) is 16.3. The van der Waals surface area contributed by atoms with Crippen LogP contribution in [0.1, 0.15) is 20.7 Å². The van der Waals surface area contributed by atoms with Crippen molar-refractivity contribution in [3.63, 3.8) is 0 Å². The third-order valence-corrected chi connectivity index (χ3v) is 4.67. The lowest BCUT2D eigenvalue weighted by atomic mass is 10.0. The maximum absolute atomic E-state index is 12.9. The van der Waals surface area contributed by atoms with Gasteiger partial charge in [-0.05, 0) is 24.3 Å². The van der Waals surface area contributed by atoms with Gasteiger partial charge in [0.1, 0.15) is 5.75 Å². The molecule has 3 aromatic carbocycles. The Bertz CT molecular complexity index is 1220. The van der Waals surface area contributed by atoms with Crippen LogP contribution >= 0.6 is 0 Å². The highest BCUT2D eigenvalue weighted by Crippen LogP contribution is 2.24. The minimum absolute atomic E-state index is 0.324. The van der Waals surface area contributed by atoms with Gasteiger partial charge >= 0.3 is 0 Å². The van der Waals surface area contributed by atoms with E-state index in [1.165, 1.54) is 7.11 Å². The maximum Gasteiger partial charge on any atom is 0.273 e. The van der Waals surface area contributed by atoms with Crippen LogP contribution in [0.2, 0.25) is 0 Å². The highest BCUT2D eigenvalue weighted by Gasteiger charge is 2.16. The molecule has 0 aliphatic carbocycles. The number of pyridine rings is 1. The minimum atomic E-state index is -0.470. The quantitative estimate of drug-likeness (QED) is 0.511. The number of carbonyl (C=O) groups excluding carboxylic acids is 2. The Balaban J connectivity index is 1.63. The molecule has 30 heavy (non-hydrogen) atoms. The Morgan fingerprint density at radius 3 is 2.17 bits per heavy atom. The molecule has 0 unspecified atom stereocenters. The Hall–Kier alpha value is -4.19. The molecule has 6 heteroatoms. The first kappa shape index (κ1) is 19.1. The molecule has 0 saturated heterocycles. The van der Waals surface area contributed by atoms with E-state index in [1.807, 2.05) is 54.6 Å². The van der Waals surface area contributed by atoms with Gasteiger partial charge in [-0.3, -0.25) is 20.4 Å². The van der Waals surface area contributed by atoms with E-state index in [2.05, 4.69) is 15.8 Å². The van der Waals surface area contributed by atoms with Crippen molar-refractivity contribution < 1.29 is 14.3 Å². The number of fused-ring (bicyclic) bond motifs is 1. The van der Waals surface area contributed by atoms with Crippen LogP contribution in [0, 0.1) is 0 Å². The van der Waals surface area contributed by atoms with Gasteiger partial charge in [-0.15, -0.1) is 0 Å². The summed E-state index contributed by atoms with van der Waals surface area (Å²) in [6, 6.07) is 25.5. The molecule has 0 saturated carbocycles. The second-order valence-corrected chi connectivity index (χ2v) is 6.55. The summed E-state index contributed by atoms with van der Waals surface area (Å²) in [5.41, 5.74) is 7.96. The Morgan fingerprint density at radius 2 is 1.40 bits per heavy atom. The lowest BCUT2D eigenvalue weighted by Gasteiger charge is -2.12. The number of aromatic nitrogens is 1. The fourth-order valence-corrected chi connectivity index (χ4v) is 3.20. The summed E-state index contributed by atoms with van der Waals surface area (Å²) in [7, 11) is 1.49. The van der Waals surface area contributed by atoms with Gasteiger partial charge in [0.05, 0.1) is 29.4 Å². The zero-order valence-corrected chi connectivity index (χ0v) is 16.3. The largest absolute Gasteiger partial charge is 0.496 e. The molecule has 0 bridgehead atoms. The van der Waals surface area contributed by atoms with E-state index in [0.29, 0.717) is 33.5 Å². The van der Waals surface area contributed by atoms with Gasteiger partial charge in [-0.25, -0.2) is 4.98 Å². The second kappa shape index (κ2) is 8.45. The topological polar surface area (TPSA) is 80.3 Å². The number of amides is 2. The molecule has 0 atom stereocenters. The Morgan fingerprint density at radius 1 is 0.767 bits per heavy atom. The van der Waals surface area contributed by atoms with Crippen LogP contribution in [0.3, 0.4) is 0 Å². The van der Waals surface area contributed by atoms with E-state index in [9.17, 15) is 9.59 Å². The normalized spacial score (nSPS) is 10.4. The predicted octanol–water partition coefficient (Wildman–Crippen LogP) is 3.99. The van der Waals surface area contributed by atoms with Crippen molar-refractivity contribution >= 4 is 22.7 Å². The maximum atomic E-state index is 12.9. The van der Waals surface area contributed by atoms with Crippen molar-refractivity contribution in [3.8, 4) is 17.0 Å².